The molecular weight excluding hydrogens is 254 g/mol. The van der Waals surface area contributed by atoms with Gasteiger partial charge < -0.3 is 14.4 Å². The van der Waals surface area contributed by atoms with E-state index in [0.717, 1.165) is 51.1 Å². The number of piperidine rings is 1. The van der Waals surface area contributed by atoms with Gasteiger partial charge in [-0.25, -0.2) is 0 Å². The van der Waals surface area contributed by atoms with Crippen molar-refractivity contribution in [2.24, 2.45) is 0 Å². The molecule has 0 bridgehead atoms. The Kier molecular flexibility index (Phi) is 4.21. The largest absolute Gasteiger partial charge is 0.490 e. The summed E-state index contributed by atoms with van der Waals surface area (Å²) in [6, 6.07) is 9.89. The van der Waals surface area contributed by atoms with Crippen LogP contribution in [0.15, 0.2) is 30.3 Å². The standard InChI is InChI=1S/C16H21NO3/c18-16(15-7-4-12-19-15)17-10-8-14(9-11-17)20-13-5-2-1-3-6-13/h1-3,5-6,14-15H,4,7-12H2/t15-/m1/s1. The molecule has 1 atom stereocenters. The van der Waals surface area contributed by atoms with E-state index < -0.39 is 0 Å². The second-order valence-corrected chi connectivity index (χ2v) is 5.46. The first-order valence-corrected chi connectivity index (χ1v) is 7.45. The van der Waals surface area contributed by atoms with Gasteiger partial charge in [-0.2, -0.15) is 0 Å². The van der Waals surface area contributed by atoms with Crippen LogP contribution in [0.5, 0.6) is 5.75 Å². The van der Waals surface area contributed by atoms with E-state index in [1.807, 2.05) is 35.2 Å². The van der Waals surface area contributed by atoms with Gasteiger partial charge in [-0.3, -0.25) is 4.79 Å². The quantitative estimate of drug-likeness (QED) is 0.849. The maximum absolute atomic E-state index is 12.2. The number of carbonyl (C=O) groups excluding carboxylic acids is 1. The lowest BCUT2D eigenvalue weighted by Crippen LogP contribution is -2.45. The number of likely N-dealkylation sites (tertiary alicyclic amines) is 1. The number of para-hydroxylation sites is 1. The Morgan fingerprint density at radius 1 is 1.15 bits per heavy atom. The van der Waals surface area contributed by atoms with Gasteiger partial charge in [0.2, 0.25) is 0 Å². The number of hydrogen-bond donors (Lipinski definition) is 0. The minimum Gasteiger partial charge on any atom is -0.490 e. The molecule has 3 rings (SSSR count). The van der Waals surface area contributed by atoms with Crippen LogP contribution in [0, 0.1) is 0 Å². The first-order chi connectivity index (χ1) is 9.83. The summed E-state index contributed by atoms with van der Waals surface area (Å²) in [6.45, 7) is 2.27. The molecule has 4 nitrogen and oxygen atoms in total. The number of rotatable bonds is 3. The predicted octanol–water partition coefficient (Wildman–Crippen LogP) is 2.24. The lowest BCUT2D eigenvalue weighted by atomic mass is 10.1. The van der Waals surface area contributed by atoms with Crippen molar-refractivity contribution < 1.29 is 14.3 Å². The molecule has 108 valence electrons. The highest BCUT2D eigenvalue weighted by Crippen LogP contribution is 2.21. The highest BCUT2D eigenvalue weighted by molar-refractivity contribution is 5.81. The molecule has 0 N–H and O–H groups in total. The molecule has 1 aromatic rings. The molecule has 1 aromatic carbocycles. The Balaban J connectivity index is 1.48. The fraction of sp³-hybridized carbons (Fsp3) is 0.562. The predicted molar refractivity (Wildman–Crippen MR) is 75.6 cm³/mol. The number of amides is 1. The van der Waals surface area contributed by atoms with Crippen molar-refractivity contribution in [1.82, 2.24) is 4.90 Å². The second-order valence-electron chi connectivity index (χ2n) is 5.46. The van der Waals surface area contributed by atoms with E-state index >= 15 is 0 Å². The zero-order valence-corrected chi connectivity index (χ0v) is 11.7. The van der Waals surface area contributed by atoms with E-state index in [2.05, 4.69) is 0 Å². The van der Waals surface area contributed by atoms with E-state index in [1.54, 1.807) is 0 Å². The van der Waals surface area contributed by atoms with Gasteiger partial charge in [0.15, 0.2) is 0 Å². The van der Waals surface area contributed by atoms with Crippen LogP contribution in [0.1, 0.15) is 25.7 Å². The molecule has 0 aromatic heterocycles. The molecule has 0 saturated carbocycles. The van der Waals surface area contributed by atoms with Crippen LogP contribution in [0.25, 0.3) is 0 Å². The summed E-state index contributed by atoms with van der Waals surface area (Å²) in [5.74, 6) is 1.08. The fourth-order valence-electron chi connectivity index (χ4n) is 2.86. The molecule has 20 heavy (non-hydrogen) atoms. The number of hydrogen-bond acceptors (Lipinski definition) is 3. The number of benzene rings is 1. The minimum absolute atomic E-state index is 0.167. The van der Waals surface area contributed by atoms with Crippen LogP contribution in [0.2, 0.25) is 0 Å². The van der Waals surface area contributed by atoms with Crippen molar-refractivity contribution in [3.63, 3.8) is 0 Å². The Bertz CT molecular complexity index is 434. The molecule has 0 aliphatic carbocycles. The van der Waals surface area contributed by atoms with Crippen molar-refractivity contribution in [1.29, 1.82) is 0 Å². The maximum atomic E-state index is 12.2. The van der Waals surface area contributed by atoms with E-state index in [0.29, 0.717) is 0 Å². The molecule has 2 saturated heterocycles. The van der Waals surface area contributed by atoms with Gasteiger partial charge in [-0.05, 0) is 25.0 Å². The number of ether oxygens (including phenoxy) is 2. The van der Waals surface area contributed by atoms with Gasteiger partial charge in [0, 0.05) is 32.5 Å². The van der Waals surface area contributed by atoms with Gasteiger partial charge >= 0.3 is 0 Å². The summed E-state index contributed by atoms with van der Waals surface area (Å²) >= 11 is 0. The lowest BCUT2D eigenvalue weighted by molar-refractivity contribution is -0.142. The molecule has 0 unspecified atom stereocenters. The first-order valence-electron chi connectivity index (χ1n) is 7.45. The third kappa shape index (κ3) is 3.12. The van der Waals surface area contributed by atoms with Gasteiger partial charge in [0.05, 0.1) is 0 Å². The van der Waals surface area contributed by atoms with Crippen molar-refractivity contribution in [3.05, 3.63) is 30.3 Å². The summed E-state index contributed by atoms with van der Waals surface area (Å²) in [6.07, 6.45) is 3.69. The van der Waals surface area contributed by atoms with E-state index in [4.69, 9.17) is 9.47 Å². The highest BCUT2D eigenvalue weighted by Gasteiger charge is 2.31. The SMILES string of the molecule is O=C([C@H]1CCCO1)N1CCC(Oc2ccccc2)CC1. The minimum atomic E-state index is -0.193. The molecule has 0 radical (unpaired) electrons. The van der Waals surface area contributed by atoms with E-state index in [-0.39, 0.29) is 18.1 Å². The fourth-order valence-corrected chi connectivity index (χ4v) is 2.86. The summed E-state index contributed by atoms with van der Waals surface area (Å²) < 4.78 is 11.4. The molecule has 2 fully saturated rings. The van der Waals surface area contributed by atoms with Crippen molar-refractivity contribution >= 4 is 5.91 Å². The summed E-state index contributed by atoms with van der Waals surface area (Å²) in [7, 11) is 0. The monoisotopic (exact) mass is 275 g/mol. The second kappa shape index (κ2) is 6.27. The van der Waals surface area contributed by atoms with Crippen LogP contribution >= 0.6 is 0 Å². The summed E-state index contributed by atoms with van der Waals surface area (Å²) in [5.41, 5.74) is 0. The van der Waals surface area contributed by atoms with Gasteiger partial charge in [0.1, 0.15) is 18.0 Å². The van der Waals surface area contributed by atoms with Crippen molar-refractivity contribution in [2.45, 2.75) is 37.9 Å². The van der Waals surface area contributed by atoms with Gasteiger partial charge in [0.25, 0.3) is 5.91 Å². The van der Waals surface area contributed by atoms with Crippen molar-refractivity contribution in [3.8, 4) is 5.75 Å². The van der Waals surface area contributed by atoms with Crippen LogP contribution in [0.3, 0.4) is 0 Å². The average Bonchev–Trinajstić information content (AvgIpc) is 3.03. The Labute approximate surface area is 119 Å². The molecule has 4 heteroatoms. The summed E-state index contributed by atoms with van der Waals surface area (Å²) in [4.78, 5) is 14.2. The molecule has 1 amide bonds. The third-order valence-corrected chi connectivity index (χ3v) is 4.00. The topological polar surface area (TPSA) is 38.8 Å². The summed E-state index contributed by atoms with van der Waals surface area (Å²) in [5, 5.41) is 0. The molecule has 2 heterocycles. The van der Waals surface area contributed by atoms with Crippen LogP contribution in [0.4, 0.5) is 0 Å². The van der Waals surface area contributed by atoms with Crippen molar-refractivity contribution in [2.75, 3.05) is 19.7 Å². The molecule has 0 spiro atoms. The molecular formula is C16H21NO3. The Morgan fingerprint density at radius 3 is 2.55 bits per heavy atom. The lowest BCUT2D eigenvalue weighted by Gasteiger charge is -2.33. The smallest absolute Gasteiger partial charge is 0.251 e. The van der Waals surface area contributed by atoms with E-state index in [1.165, 1.54) is 0 Å². The highest BCUT2D eigenvalue weighted by atomic mass is 16.5. The number of carbonyl (C=O) groups is 1. The van der Waals surface area contributed by atoms with Crippen LogP contribution in [-0.4, -0.2) is 42.7 Å². The zero-order valence-electron chi connectivity index (χ0n) is 11.7. The third-order valence-electron chi connectivity index (χ3n) is 4.00. The Morgan fingerprint density at radius 2 is 1.90 bits per heavy atom. The first kappa shape index (κ1) is 13.4. The normalized spacial score (nSPS) is 23.8. The Hall–Kier alpha value is -1.55. The van der Waals surface area contributed by atoms with Gasteiger partial charge in [-0.1, -0.05) is 18.2 Å². The van der Waals surface area contributed by atoms with Crippen LogP contribution < -0.4 is 4.74 Å². The molecule has 2 aliphatic rings. The van der Waals surface area contributed by atoms with Gasteiger partial charge in [-0.15, -0.1) is 0 Å². The molecule has 2 aliphatic heterocycles. The maximum Gasteiger partial charge on any atom is 0.251 e. The van der Waals surface area contributed by atoms with Crippen LogP contribution in [-0.2, 0) is 9.53 Å². The van der Waals surface area contributed by atoms with E-state index in [9.17, 15) is 4.79 Å². The average molecular weight is 275 g/mol. The zero-order chi connectivity index (χ0) is 13.8. The number of nitrogens with zero attached hydrogens (tertiary/aromatic N) is 1.